The summed E-state index contributed by atoms with van der Waals surface area (Å²) < 4.78 is 52.9. The van der Waals surface area contributed by atoms with Crippen molar-refractivity contribution in [2.24, 2.45) is 0 Å². The molecule has 1 unspecified atom stereocenters. The van der Waals surface area contributed by atoms with Gasteiger partial charge in [-0.2, -0.15) is 12.8 Å². The molecule has 2 aromatic rings. The Bertz CT molecular complexity index is 1180. The molecule has 5 rings (SSSR count). The summed E-state index contributed by atoms with van der Waals surface area (Å²) in [6.45, 7) is 2.55. The average Bonchev–Trinajstić information content (AvgIpc) is 3.53. The van der Waals surface area contributed by atoms with Crippen molar-refractivity contribution < 1.29 is 27.1 Å². The number of pyridine rings is 1. The van der Waals surface area contributed by atoms with Crippen LogP contribution in [0, 0.1) is 12.9 Å². The molecule has 2 aliphatic carbocycles. The Hall–Kier alpha value is -2.52. The van der Waals surface area contributed by atoms with Crippen LogP contribution in [0.1, 0.15) is 62.0 Å². The third kappa shape index (κ3) is 4.36. The van der Waals surface area contributed by atoms with E-state index in [9.17, 15) is 17.6 Å². The van der Waals surface area contributed by atoms with Gasteiger partial charge in [-0.1, -0.05) is 18.2 Å². The van der Waals surface area contributed by atoms with Gasteiger partial charge in [0.15, 0.2) is 10.6 Å². The molecule has 0 radical (unpaired) electrons. The molecule has 3 aliphatic rings. The summed E-state index contributed by atoms with van der Waals surface area (Å²) in [7, 11) is -4.32. The van der Waals surface area contributed by atoms with E-state index in [0.29, 0.717) is 25.2 Å². The summed E-state index contributed by atoms with van der Waals surface area (Å²) >= 11 is 0. The fourth-order valence-electron chi connectivity index (χ4n) is 4.65. The molecule has 1 atom stereocenters. The van der Waals surface area contributed by atoms with E-state index in [1.54, 1.807) is 0 Å². The van der Waals surface area contributed by atoms with Crippen LogP contribution in [0.5, 0.6) is 5.75 Å². The Kier molecular flexibility index (Phi) is 5.44. The van der Waals surface area contributed by atoms with Crippen molar-refractivity contribution in [1.29, 1.82) is 0 Å². The monoisotopic (exact) mass is 474 g/mol. The molecule has 33 heavy (non-hydrogen) atoms. The zero-order chi connectivity index (χ0) is 23.3. The number of rotatable bonds is 6. The summed E-state index contributed by atoms with van der Waals surface area (Å²) in [5, 5.41) is -0.549. The summed E-state index contributed by atoms with van der Waals surface area (Å²) in [6, 6.07) is 9.31. The first-order valence-corrected chi connectivity index (χ1v) is 12.8. The van der Waals surface area contributed by atoms with Gasteiger partial charge in [0.1, 0.15) is 5.75 Å². The standard InChI is InChI=1S/C24H27FN2O5S/c1-16-6-7-18(17-8-11-23(31-15-17)9-3-10-23)19(14-16)32-24(12-13-24)22(28)27-33(29,30)21-5-2-4-20(25)26-21/h2,4-7,14,17H,3,8-13,15H2,1H3,(H,27,28). The second kappa shape index (κ2) is 8.06. The number of benzene rings is 1. The van der Waals surface area contributed by atoms with Gasteiger partial charge in [0.05, 0.1) is 12.2 Å². The van der Waals surface area contributed by atoms with E-state index in [2.05, 4.69) is 4.98 Å². The number of ether oxygens (including phenoxy) is 2. The van der Waals surface area contributed by atoms with Crippen molar-refractivity contribution in [2.45, 2.75) is 74.0 Å². The molecule has 7 nitrogen and oxygen atoms in total. The molecule has 2 saturated carbocycles. The molecule has 1 aromatic carbocycles. The molecule has 1 amide bonds. The average molecular weight is 475 g/mol. The van der Waals surface area contributed by atoms with Crippen molar-refractivity contribution in [3.63, 3.8) is 0 Å². The molecule has 9 heteroatoms. The zero-order valence-corrected chi connectivity index (χ0v) is 19.3. The zero-order valence-electron chi connectivity index (χ0n) is 18.5. The number of halogens is 1. The maximum Gasteiger partial charge on any atom is 0.281 e. The normalized spacial score (nSPS) is 22.9. The van der Waals surface area contributed by atoms with Gasteiger partial charge >= 0.3 is 0 Å². The number of nitrogens with one attached hydrogen (secondary N) is 1. The number of aromatic nitrogens is 1. The smallest absolute Gasteiger partial charge is 0.281 e. The predicted molar refractivity (Wildman–Crippen MR) is 118 cm³/mol. The first kappa shape index (κ1) is 22.3. The van der Waals surface area contributed by atoms with E-state index in [1.165, 1.54) is 12.5 Å². The highest BCUT2D eigenvalue weighted by molar-refractivity contribution is 7.90. The molecule has 2 heterocycles. The minimum atomic E-state index is -4.32. The largest absolute Gasteiger partial charge is 0.477 e. The Morgan fingerprint density at radius 1 is 1.18 bits per heavy atom. The molecule has 176 valence electrons. The second-order valence-corrected chi connectivity index (χ2v) is 11.1. The number of hydrogen-bond donors (Lipinski definition) is 1. The Labute approximate surface area is 192 Å². The summed E-state index contributed by atoms with van der Waals surface area (Å²) in [4.78, 5) is 16.3. The van der Waals surface area contributed by atoms with Crippen LogP contribution in [0.3, 0.4) is 0 Å². The lowest BCUT2D eigenvalue weighted by Crippen LogP contribution is -2.45. The van der Waals surface area contributed by atoms with Crippen LogP contribution in [0.25, 0.3) is 0 Å². The number of hydrogen-bond acceptors (Lipinski definition) is 6. The molecule has 1 saturated heterocycles. The lowest BCUT2D eigenvalue weighted by atomic mass is 9.73. The quantitative estimate of drug-likeness (QED) is 0.641. The summed E-state index contributed by atoms with van der Waals surface area (Å²) in [5.74, 6) is -0.965. The van der Waals surface area contributed by atoms with Gasteiger partial charge in [0.25, 0.3) is 15.9 Å². The van der Waals surface area contributed by atoms with Crippen molar-refractivity contribution >= 4 is 15.9 Å². The lowest BCUT2D eigenvalue weighted by molar-refractivity contribution is -0.134. The molecule has 1 aliphatic heterocycles. The van der Waals surface area contributed by atoms with Crippen molar-refractivity contribution in [3.05, 3.63) is 53.5 Å². The van der Waals surface area contributed by atoms with Crippen LogP contribution >= 0.6 is 0 Å². The highest BCUT2D eigenvalue weighted by Gasteiger charge is 2.54. The summed E-state index contributed by atoms with van der Waals surface area (Å²) in [5.41, 5.74) is 0.740. The summed E-state index contributed by atoms with van der Waals surface area (Å²) in [6.07, 6.45) is 6.23. The van der Waals surface area contributed by atoms with E-state index < -0.39 is 32.5 Å². The van der Waals surface area contributed by atoms with Crippen molar-refractivity contribution in [3.8, 4) is 5.75 Å². The molecular weight excluding hydrogens is 447 g/mol. The molecule has 1 spiro atoms. The Morgan fingerprint density at radius 3 is 2.58 bits per heavy atom. The number of aryl methyl sites for hydroxylation is 1. The minimum absolute atomic E-state index is 0.0547. The van der Waals surface area contributed by atoms with Gasteiger partial charge in [0.2, 0.25) is 5.95 Å². The first-order chi connectivity index (χ1) is 15.7. The topological polar surface area (TPSA) is 94.6 Å². The fraction of sp³-hybridized carbons (Fsp3) is 0.500. The highest BCUT2D eigenvalue weighted by Crippen LogP contribution is 2.48. The van der Waals surface area contributed by atoms with E-state index in [0.717, 1.165) is 48.9 Å². The number of sulfonamides is 1. The van der Waals surface area contributed by atoms with E-state index in [4.69, 9.17) is 9.47 Å². The Morgan fingerprint density at radius 2 is 1.97 bits per heavy atom. The van der Waals surface area contributed by atoms with E-state index in [-0.39, 0.29) is 11.5 Å². The van der Waals surface area contributed by atoms with Crippen LogP contribution in [0.2, 0.25) is 0 Å². The highest BCUT2D eigenvalue weighted by atomic mass is 32.2. The van der Waals surface area contributed by atoms with Crippen LogP contribution in [0.15, 0.2) is 41.4 Å². The van der Waals surface area contributed by atoms with Gasteiger partial charge < -0.3 is 9.47 Å². The van der Waals surface area contributed by atoms with Gasteiger partial charge in [-0.05, 0) is 68.4 Å². The van der Waals surface area contributed by atoms with Gasteiger partial charge in [0, 0.05) is 18.8 Å². The van der Waals surface area contributed by atoms with Crippen LogP contribution < -0.4 is 9.46 Å². The lowest BCUT2D eigenvalue weighted by Gasteiger charge is -2.46. The molecule has 3 fully saturated rings. The van der Waals surface area contributed by atoms with Crippen LogP contribution in [-0.2, 0) is 19.6 Å². The van der Waals surface area contributed by atoms with Gasteiger partial charge in [-0.15, -0.1) is 0 Å². The number of nitrogens with zero attached hydrogens (tertiary/aromatic N) is 1. The maximum absolute atomic E-state index is 13.4. The second-order valence-electron chi connectivity index (χ2n) is 9.45. The maximum atomic E-state index is 13.4. The first-order valence-electron chi connectivity index (χ1n) is 11.3. The Balaban J connectivity index is 1.33. The van der Waals surface area contributed by atoms with Crippen LogP contribution in [-0.4, -0.2) is 37.1 Å². The van der Waals surface area contributed by atoms with Crippen molar-refractivity contribution in [2.75, 3.05) is 6.61 Å². The fourth-order valence-corrected chi connectivity index (χ4v) is 5.65. The molecule has 1 aromatic heterocycles. The minimum Gasteiger partial charge on any atom is -0.477 e. The van der Waals surface area contributed by atoms with Crippen molar-refractivity contribution in [1.82, 2.24) is 9.71 Å². The third-order valence-corrected chi connectivity index (χ3v) is 8.26. The number of carbonyl (C=O) groups is 1. The molecule has 0 bridgehead atoms. The third-order valence-electron chi connectivity index (χ3n) is 7.03. The SMILES string of the molecule is Cc1ccc(C2CCC3(CCC3)OC2)c(OC2(C(=O)NS(=O)(=O)c3cccc(F)n3)CC2)c1. The molecular formula is C24H27FN2O5S. The number of carbonyl (C=O) groups excluding carboxylic acids is 1. The number of amides is 1. The predicted octanol–water partition coefficient (Wildman–Crippen LogP) is 3.76. The van der Waals surface area contributed by atoms with E-state index in [1.807, 2.05) is 29.8 Å². The molecule has 1 N–H and O–H groups in total. The van der Waals surface area contributed by atoms with Crippen LogP contribution in [0.4, 0.5) is 4.39 Å². The van der Waals surface area contributed by atoms with Gasteiger partial charge in [-0.25, -0.2) is 9.71 Å². The van der Waals surface area contributed by atoms with E-state index >= 15 is 0 Å². The van der Waals surface area contributed by atoms with Gasteiger partial charge in [-0.3, -0.25) is 4.79 Å².